The molecule has 1 radical (unpaired) electrons. The molecule has 35 heavy (non-hydrogen) atoms. The van der Waals surface area contributed by atoms with Gasteiger partial charge in [0.1, 0.15) is 5.58 Å². The van der Waals surface area contributed by atoms with Crippen LogP contribution in [0.5, 0.6) is 0 Å². The zero-order chi connectivity index (χ0) is 22.7. The molecule has 7 rings (SSSR count). The van der Waals surface area contributed by atoms with E-state index in [1.54, 1.807) is 23.7 Å². The summed E-state index contributed by atoms with van der Waals surface area (Å²) in [6.45, 7) is 0. The fraction of sp³-hybridized carbons (Fsp3) is 0. The van der Waals surface area contributed by atoms with E-state index in [4.69, 9.17) is 4.42 Å². The molecule has 0 fully saturated rings. The van der Waals surface area contributed by atoms with Gasteiger partial charge in [0.15, 0.2) is 0 Å². The van der Waals surface area contributed by atoms with Crippen molar-refractivity contribution in [3.05, 3.63) is 121 Å². The molecule has 5 heteroatoms. The number of aromatic nitrogens is 2. The topological polar surface area (TPSA) is 38.9 Å². The minimum absolute atomic E-state index is 0. The number of furan rings is 1. The fourth-order valence-corrected chi connectivity index (χ4v) is 4.77. The first-order chi connectivity index (χ1) is 16.9. The van der Waals surface area contributed by atoms with Gasteiger partial charge < -0.3 is 14.4 Å². The van der Waals surface area contributed by atoms with Crippen LogP contribution in [0.25, 0.3) is 54.5 Å². The number of rotatable bonds is 2. The van der Waals surface area contributed by atoms with Crippen LogP contribution < -0.4 is 0 Å². The Morgan fingerprint density at radius 1 is 0.714 bits per heavy atom. The molecule has 0 aliphatic heterocycles. The Kier molecular flexibility index (Phi) is 6.82. The van der Waals surface area contributed by atoms with E-state index in [9.17, 15) is 0 Å². The van der Waals surface area contributed by atoms with Crippen molar-refractivity contribution in [2.75, 3.05) is 0 Å². The van der Waals surface area contributed by atoms with Crippen LogP contribution in [-0.4, -0.2) is 9.97 Å². The molecule has 7 aromatic rings. The van der Waals surface area contributed by atoms with Crippen LogP contribution in [0.15, 0.2) is 113 Å². The average molecular weight is 647 g/mol. The molecule has 0 atom stereocenters. The maximum atomic E-state index is 6.15. The number of benzene rings is 3. The van der Waals surface area contributed by atoms with Gasteiger partial charge in [-0.3, -0.25) is 0 Å². The fourth-order valence-electron chi connectivity index (χ4n) is 3.97. The van der Waals surface area contributed by atoms with Gasteiger partial charge in [0, 0.05) is 42.6 Å². The Morgan fingerprint density at radius 2 is 1.51 bits per heavy atom. The Labute approximate surface area is 220 Å². The van der Waals surface area contributed by atoms with Gasteiger partial charge in [-0.1, -0.05) is 35.2 Å². The first kappa shape index (κ1) is 23.1. The molecule has 3 aromatic carbocycles. The second kappa shape index (κ2) is 10.3. The SMILES string of the molecule is [Ir].[c-]1ccc2c(oc3cc4sccc4cc32)c1-c1ccccn1.[c-]1ccccc1-c1ccccn1. The summed E-state index contributed by atoms with van der Waals surface area (Å²) in [6.07, 6.45) is 3.58. The Balaban J connectivity index is 0.000000167. The maximum Gasteiger partial charge on any atom is 0.122 e. The van der Waals surface area contributed by atoms with Crippen LogP contribution in [0.1, 0.15) is 0 Å². The van der Waals surface area contributed by atoms with Crippen LogP contribution in [-0.2, 0) is 20.1 Å². The molecular weight excluding hydrogens is 629 g/mol. The van der Waals surface area contributed by atoms with Crippen molar-refractivity contribution >= 4 is 43.4 Å². The largest absolute Gasteiger partial charge is 0.501 e. The Hall–Kier alpha value is -3.63. The van der Waals surface area contributed by atoms with Crippen molar-refractivity contribution < 1.29 is 24.5 Å². The number of pyridine rings is 2. The van der Waals surface area contributed by atoms with Crippen molar-refractivity contribution in [3.63, 3.8) is 0 Å². The van der Waals surface area contributed by atoms with Crippen LogP contribution in [0.3, 0.4) is 0 Å². The zero-order valence-corrected chi connectivity index (χ0v) is 21.6. The van der Waals surface area contributed by atoms with Crippen molar-refractivity contribution in [1.82, 2.24) is 9.97 Å². The summed E-state index contributed by atoms with van der Waals surface area (Å²) in [6, 6.07) is 36.4. The van der Waals surface area contributed by atoms with E-state index in [0.29, 0.717) is 0 Å². The standard InChI is InChI=1S/C19H10NOS.C11H8N.Ir/c1-2-8-20-16(6-1)14-5-3-4-13-15-10-12-7-9-22-18(12)11-17(15)21-19(13)14;1-2-6-10(7-3-1)11-8-4-5-9-12-11;/h1-4,6-11H;1-6,8-9H;/q2*-1;. The minimum atomic E-state index is 0. The van der Waals surface area contributed by atoms with E-state index >= 15 is 0 Å². The number of thiophene rings is 1. The average Bonchev–Trinajstić information content (AvgIpc) is 3.53. The number of hydrogen-bond donors (Lipinski definition) is 0. The molecule has 3 nitrogen and oxygen atoms in total. The summed E-state index contributed by atoms with van der Waals surface area (Å²) >= 11 is 1.73. The predicted octanol–water partition coefficient (Wildman–Crippen LogP) is 8.21. The quantitative estimate of drug-likeness (QED) is 0.178. The third-order valence-corrected chi connectivity index (χ3v) is 6.46. The zero-order valence-electron chi connectivity index (χ0n) is 18.4. The summed E-state index contributed by atoms with van der Waals surface area (Å²) in [5.74, 6) is 0. The second-order valence-corrected chi connectivity index (χ2v) is 8.66. The van der Waals surface area contributed by atoms with Gasteiger partial charge in [-0.15, -0.1) is 65.4 Å². The first-order valence-electron chi connectivity index (χ1n) is 10.9. The molecule has 0 spiro atoms. The minimum Gasteiger partial charge on any atom is -0.501 e. The molecule has 0 aliphatic carbocycles. The van der Waals surface area contributed by atoms with Crippen molar-refractivity contribution in [2.45, 2.75) is 0 Å². The molecule has 0 N–H and O–H groups in total. The van der Waals surface area contributed by atoms with E-state index in [1.807, 2.05) is 66.7 Å². The predicted molar refractivity (Wildman–Crippen MR) is 140 cm³/mol. The Morgan fingerprint density at radius 3 is 2.26 bits per heavy atom. The molecule has 171 valence electrons. The van der Waals surface area contributed by atoms with Crippen LogP contribution in [0.4, 0.5) is 0 Å². The number of nitrogens with zero attached hydrogens (tertiary/aromatic N) is 2. The molecular formula is C30H18IrN2OS-2. The van der Waals surface area contributed by atoms with E-state index in [1.165, 1.54) is 10.1 Å². The summed E-state index contributed by atoms with van der Waals surface area (Å²) in [7, 11) is 0. The van der Waals surface area contributed by atoms with E-state index < -0.39 is 0 Å². The first-order valence-corrected chi connectivity index (χ1v) is 11.8. The van der Waals surface area contributed by atoms with E-state index in [0.717, 1.165) is 44.5 Å². The maximum absolute atomic E-state index is 6.15. The van der Waals surface area contributed by atoms with Crippen LogP contribution in [0, 0.1) is 12.1 Å². The van der Waals surface area contributed by atoms with Crippen molar-refractivity contribution in [3.8, 4) is 22.5 Å². The third kappa shape index (κ3) is 4.67. The van der Waals surface area contributed by atoms with Gasteiger partial charge in [-0.2, -0.15) is 0 Å². The third-order valence-electron chi connectivity index (χ3n) is 5.58. The molecule has 4 aromatic heterocycles. The molecule has 0 saturated carbocycles. The normalized spacial score (nSPS) is 10.6. The van der Waals surface area contributed by atoms with Gasteiger partial charge in [0.05, 0.1) is 5.58 Å². The monoisotopic (exact) mass is 647 g/mol. The second-order valence-electron chi connectivity index (χ2n) is 7.71. The number of hydrogen-bond acceptors (Lipinski definition) is 4. The number of fused-ring (bicyclic) bond motifs is 4. The van der Waals surface area contributed by atoms with Crippen molar-refractivity contribution in [1.29, 1.82) is 0 Å². The molecule has 0 saturated heterocycles. The molecule has 0 bridgehead atoms. The van der Waals surface area contributed by atoms with Gasteiger partial charge in [-0.05, 0) is 52.5 Å². The van der Waals surface area contributed by atoms with Crippen molar-refractivity contribution in [2.24, 2.45) is 0 Å². The van der Waals surface area contributed by atoms with Gasteiger partial charge >= 0.3 is 0 Å². The Bertz CT molecular complexity index is 1660. The summed E-state index contributed by atoms with van der Waals surface area (Å²) in [5.41, 5.74) is 5.58. The smallest absolute Gasteiger partial charge is 0.122 e. The van der Waals surface area contributed by atoms with Crippen LogP contribution in [0.2, 0.25) is 0 Å². The van der Waals surface area contributed by atoms with Gasteiger partial charge in [0.25, 0.3) is 0 Å². The summed E-state index contributed by atoms with van der Waals surface area (Å²) in [5, 5.41) is 5.63. The van der Waals surface area contributed by atoms with Crippen LogP contribution >= 0.6 is 11.3 Å². The van der Waals surface area contributed by atoms with Gasteiger partial charge in [0.2, 0.25) is 0 Å². The van der Waals surface area contributed by atoms with E-state index in [2.05, 4.69) is 51.7 Å². The summed E-state index contributed by atoms with van der Waals surface area (Å²) in [4.78, 5) is 8.64. The molecule has 0 aliphatic rings. The molecule has 0 unspecified atom stereocenters. The molecule has 0 amide bonds. The molecule has 4 heterocycles. The summed E-state index contributed by atoms with van der Waals surface area (Å²) < 4.78 is 7.40. The van der Waals surface area contributed by atoms with E-state index in [-0.39, 0.29) is 20.1 Å². The van der Waals surface area contributed by atoms with Gasteiger partial charge in [-0.25, -0.2) is 0 Å².